The van der Waals surface area contributed by atoms with Gasteiger partial charge in [0.1, 0.15) is 0 Å². The van der Waals surface area contributed by atoms with Gasteiger partial charge in [-0.2, -0.15) is 0 Å². The van der Waals surface area contributed by atoms with Crippen LogP contribution in [-0.4, -0.2) is 41.6 Å². The molecule has 0 aromatic rings. The number of aliphatic carboxylic acids is 1. The predicted molar refractivity (Wildman–Crippen MR) is 48.6 cm³/mol. The smallest absolute Gasteiger partial charge is 0.317 e. The Morgan fingerprint density at radius 3 is 2.31 bits per heavy atom. The normalized spacial score (nSPS) is 9.85. The molecule has 2 N–H and O–H groups in total. The Morgan fingerprint density at radius 2 is 2.00 bits per heavy atom. The van der Waals surface area contributed by atoms with Crippen LogP contribution in [0.4, 0.5) is 4.79 Å². The number of nitrogens with zero attached hydrogens (tertiary/aromatic N) is 1. The van der Waals surface area contributed by atoms with Crippen LogP contribution in [0.5, 0.6) is 0 Å². The first-order valence-electron chi connectivity index (χ1n) is 4.19. The fraction of sp³-hybridized carbons (Fsp3) is 0.750. The minimum Gasteiger partial charge on any atom is -0.481 e. The van der Waals surface area contributed by atoms with Gasteiger partial charge in [-0.25, -0.2) is 4.79 Å². The van der Waals surface area contributed by atoms with Crippen molar-refractivity contribution in [3.05, 3.63) is 0 Å². The van der Waals surface area contributed by atoms with Crippen molar-refractivity contribution in [1.29, 1.82) is 0 Å². The Balaban J connectivity index is 4.10. The molecule has 0 rings (SSSR count). The summed E-state index contributed by atoms with van der Waals surface area (Å²) in [6.45, 7) is 3.93. The van der Waals surface area contributed by atoms with Gasteiger partial charge in [-0.05, 0) is 13.8 Å². The molecule has 0 aliphatic carbocycles. The van der Waals surface area contributed by atoms with Crippen LogP contribution in [0.2, 0.25) is 0 Å². The van der Waals surface area contributed by atoms with Crippen LogP contribution in [-0.2, 0) is 4.79 Å². The second-order valence-corrected chi connectivity index (χ2v) is 2.99. The number of hydrogen-bond acceptors (Lipinski definition) is 2. The SMILES string of the molecule is CNC(=O)N(CCC(=O)O)C(C)C. The van der Waals surface area contributed by atoms with Crippen LogP contribution < -0.4 is 5.32 Å². The van der Waals surface area contributed by atoms with E-state index in [1.165, 1.54) is 11.9 Å². The molecule has 0 aromatic carbocycles. The summed E-state index contributed by atoms with van der Waals surface area (Å²) in [7, 11) is 1.53. The summed E-state index contributed by atoms with van der Waals surface area (Å²) in [5, 5.41) is 10.9. The van der Waals surface area contributed by atoms with E-state index in [2.05, 4.69) is 5.32 Å². The van der Waals surface area contributed by atoms with Gasteiger partial charge in [-0.15, -0.1) is 0 Å². The highest BCUT2D eigenvalue weighted by atomic mass is 16.4. The second-order valence-electron chi connectivity index (χ2n) is 2.99. The molecule has 13 heavy (non-hydrogen) atoms. The highest BCUT2D eigenvalue weighted by Gasteiger charge is 2.15. The van der Waals surface area contributed by atoms with Crippen molar-refractivity contribution in [2.24, 2.45) is 0 Å². The van der Waals surface area contributed by atoms with E-state index in [1.54, 1.807) is 0 Å². The Labute approximate surface area is 77.7 Å². The van der Waals surface area contributed by atoms with Crippen LogP contribution in [0.1, 0.15) is 20.3 Å². The summed E-state index contributed by atoms with van der Waals surface area (Å²) in [5.41, 5.74) is 0. The van der Waals surface area contributed by atoms with Crippen molar-refractivity contribution in [1.82, 2.24) is 10.2 Å². The van der Waals surface area contributed by atoms with E-state index in [-0.39, 0.29) is 25.0 Å². The number of urea groups is 1. The first kappa shape index (κ1) is 11.7. The Kier molecular flexibility index (Phi) is 4.87. The molecular weight excluding hydrogens is 172 g/mol. The fourth-order valence-electron chi connectivity index (χ4n) is 0.954. The molecule has 0 aromatic heterocycles. The summed E-state index contributed by atoms with van der Waals surface area (Å²) in [6.07, 6.45) is -0.0222. The number of nitrogens with one attached hydrogen (secondary N) is 1. The van der Waals surface area contributed by atoms with Crippen molar-refractivity contribution < 1.29 is 14.7 Å². The molecule has 5 nitrogen and oxygen atoms in total. The molecule has 0 heterocycles. The fourth-order valence-corrected chi connectivity index (χ4v) is 0.954. The topological polar surface area (TPSA) is 69.6 Å². The predicted octanol–water partition coefficient (Wildman–Crippen LogP) is 0.511. The molecule has 0 saturated heterocycles. The molecule has 0 unspecified atom stereocenters. The maximum atomic E-state index is 11.2. The van der Waals surface area contributed by atoms with Crippen molar-refractivity contribution in [3.8, 4) is 0 Å². The van der Waals surface area contributed by atoms with E-state index in [0.29, 0.717) is 0 Å². The van der Waals surface area contributed by atoms with Crippen LogP contribution in [0.25, 0.3) is 0 Å². The first-order valence-corrected chi connectivity index (χ1v) is 4.19. The standard InChI is InChI=1S/C8H16N2O3/c1-6(2)10(8(13)9-3)5-4-7(11)12/h6H,4-5H2,1-3H3,(H,9,13)(H,11,12). The molecule has 0 spiro atoms. The Hall–Kier alpha value is -1.26. The number of carboxylic acids is 1. The van der Waals surface area contributed by atoms with Gasteiger partial charge in [0.15, 0.2) is 0 Å². The molecule has 0 aliphatic heterocycles. The monoisotopic (exact) mass is 188 g/mol. The molecule has 5 heteroatoms. The molecule has 0 fully saturated rings. The van der Waals surface area contributed by atoms with Gasteiger partial charge in [0.25, 0.3) is 0 Å². The van der Waals surface area contributed by atoms with Crippen molar-refractivity contribution in [2.75, 3.05) is 13.6 Å². The number of carbonyl (C=O) groups is 2. The summed E-state index contributed by atoms with van der Waals surface area (Å²) < 4.78 is 0. The van der Waals surface area contributed by atoms with Crippen LogP contribution >= 0.6 is 0 Å². The minimum absolute atomic E-state index is 0.0132. The summed E-state index contributed by atoms with van der Waals surface area (Å²) >= 11 is 0. The van der Waals surface area contributed by atoms with Gasteiger partial charge in [0, 0.05) is 19.6 Å². The lowest BCUT2D eigenvalue weighted by Crippen LogP contribution is -2.43. The Morgan fingerprint density at radius 1 is 1.46 bits per heavy atom. The van der Waals surface area contributed by atoms with Gasteiger partial charge < -0.3 is 15.3 Å². The molecule has 0 bridgehead atoms. The average molecular weight is 188 g/mol. The number of hydrogen-bond donors (Lipinski definition) is 2. The largest absolute Gasteiger partial charge is 0.481 e. The first-order chi connectivity index (χ1) is 5.99. The maximum absolute atomic E-state index is 11.2. The zero-order valence-corrected chi connectivity index (χ0v) is 8.20. The Bertz CT molecular complexity index is 192. The molecule has 2 amide bonds. The molecule has 0 radical (unpaired) electrons. The van der Waals surface area contributed by atoms with Gasteiger partial charge in [0.05, 0.1) is 6.42 Å². The summed E-state index contributed by atoms with van der Waals surface area (Å²) in [6, 6.07) is -0.226. The lowest BCUT2D eigenvalue weighted by Gasteiger charge is -2.25. The van der Waals surface area contributed by atoms with Crippen LogP contribution in [0.15, 0.2) is 0 Å². The summed E-state index contributed by atoms with van der Waals surface area (Å²) in [5.74, 6) is -0.894. The number of amides is 2. The summed E-state index contributed by atoms with van der Waals surface area (Å²) in [4.78, 5) is 22.9. The average Bonchev–Trinajstić information content (AvgIpc) is 2.03. The van der Waals surface area contributed by atoms with E-state index in [9.17, 15) is 9.59 Å². The quantitative estimate of drug-likeness (QED) is 0.675. The van der Waals surface area contributed by atoms with E-state index in [0.717, 1.165) is 0 Å². The maximum Gasteiger partial charge on any atom is 0.317 e. The van der Waals surface area contributed by atoms with Crippen molar-refractivity contribution in [3.63, 3.8) is 0 Å². The van der Waals surface area contributed by atoms with Crippen molar-refractivity contribution >= 4 is 12.0 Å². The van der Waals surface area contributed by atoms with Crippen molar-refractivity contribution in [2.45, 2.75) is 26.3 Å². The van der Waals surface area contributed by atoms with Gasteiger partial charge in [-0.3, -0.25) is 4.79 Å². The zero-order valence-electron chi connectivity index (χ0n) is 8.20. The number of carbonyl (C=O) groups excluding carboxylic acids is 1. The number of carboxylic acid groups (broad SMARTS) is 1. The number of rotatable bonds is 4. The van der Waals surface area contributed by atoms with E-state index in [4.69, 9.17) is 5.11 Å². The minimum atomic E-state index is -0.894. The lowest BCUT2D eigenvalue weighted by atomic mass is 10.3. The third kappa shape index (κ3) is 4.35. The van der Waals surface area contributed by atoms with E-state index >= 15 is 0 Å². The molecule has 76 valence electrons. The molecule has 0 aliphatic rings. The van der Waals surface area contributed by atoms with Crippen LogP contribution in [0, 0.1) is 0 Å². The highest BCUT2D eigenvalue weighted by molar-refractivity contribution is 5.75. The second kappa shape index (κ2) is 5.40. The molecule has 0 atom stereocenters. The van der Waals surface area contributed by atoms with Crippen LogP contribution in [0.3, 0.4) is 0 Å². The molecule has 0 saturated carbocycles. The molecular formula is C8H16N2O3. The van der Waals surface area contributed by atoms with E-state index in [1.807, 2.05) is 13.8 Å². The highest BCUT2D eigenvalue weighted by Crippen LogP contribution is 1.99. The van der Waals surface area contributed by atoms with E-state index < -0.39 is 5.97 Å². The van der Waals surface area contributed by atoms with Gasteiger partial charge in [-0.1, -0.05) is 0 Å². The van der Waals surface area contributed by atoms with Gasteiger partial charge in [0.2, 0.25) is 0 Å². The third-order valence-electron chi connectivity index (χ3n) is 1.66. The zero-order chi connectivity index (χ0) is 10.4. The lowest BCUT2D eigenvalue weighted by molar-refractivity contribution is -0.137. The van der Waals surface area contributed by atoms with Gasteiger partial charge >= 0.3 is 12.0 Å². The third-order valence-corrected chi connectivity index (χ3v) is 1.66.